The number of hydrogen-bond donors (Lipinski definition) is 2. The molecule has 0 aromatic carbocycles. The van der Waals surface area contributed by atoms with E-state index in [2.05, 4.69) is 49.7 Å². The Bertz CT molecular complexity index is 252. The molecule has 1 aliphatic heterocycles. The van der Waals surface area contributed by atoms with Crippen LogP contribution >= 0.6 is 0 Å². The molecule has 0 amide bonds. The van der Waals surface area contributed by atoms with Gasteiger partial charge in [-0.2, -0.15) is 0 Å². The quantitative estimate of drug-likeness (QED) is 0.729. The standard InChI is InChI=1S/C15H33N3O/c1-6-17-7-9-18(10-8-17)14(4)11-15(5,12-19)16-13(2)3/h13-14,16,19H,6-12H2,1-5H3. The fraction of sp³-hybridized carbons (Fsp3) is 1.00. The first kappa shape index (κ1) is 16.9. The van der Waals surface area contributed by atoms with Gasteiger partial charge in [-0.1, -0.05) is 20.8 Å². The van der Waals surface area contributed by atoms with Crippen molar-refractivity contribution in [3.63, 3.8) is 0 Å². The molecule has 1 heterocycles. The van der Waals surface area contributed by atoms with Crippen molar-refractivity contribution in [2.75, 3.05) is 39.3 Å². The summed E-state index contributed by atoms with van der Waals surface area (Å²) in [4.78, 5) is 5.06. The van der Waals surface area contributed by atoms with Gasteiger partial charge in [-0.25, -0.2) is 0 Å². The van der Waals surface area contributed by atoms with Crippen LogP contribution in [-0.4, -0.2) is 71.9 Å². The highest BCUT2D eigenvalue weighted by Gasteiger charge is 2.29. The Morgan fingerprint density at radius 1 is 1.16 bits per heavy atom. The maximum Gasteiger partial charge on any atom is 0.0611 e. The van der Waals surface area contributed by atoms with Gasteiger partial charge in [-0.3, -0.25) is 4.90 Å². The lowest BCUT2D eigenvalue weighted by atomic mass is 9.92. The highest BCUT2D eigenvalue weighted by molar-refractivity contribution is 4.89. The summed E-state index contributed by atoms with van der Waals surface area (Å²) in [7, 11) is 0. The van der Waals surface area contributed by atoms with Gasteiger partial charge in [0.2, 0.25) is 0 Å². The normalized spacial score (nSPS) is 23.5. The van der Waals surface area contributed by atoms with E-state index >= 15 is 0 Å². The molecule has 0 radical (unpaired) electrons. The second-order valence-corrected chi connectivity index (χ2v) is 6.54. The number of aliphatic hydroxyl groups is 1. The zero-order valence-corrected chi connectivity index (χ0v) is 13.4. The van der Waals surface area contributed by atoms with Gasteiger partial charge in [0.15, 0.2) is 0 Å². The van der Waals surface area contributed by atoms with Crippen molar-refractivity contribution in [2.24, 2.45) is 0 Å². The molecule has 2 unspecified atom stereocenters. The highest BCUT2D eigenvalue weighted by atomic mass is 16.3. The minimum absolute atomic E-state index is 0.171. The van der Waals surface area contributed by atoms with Crippen LogP contribution in [-0.2, 0) is 0 Å². The molecule has 19 heavy (non-hydrogen) atoms. The molecule has 0 aromatic heterocycles. The van der Waals surface area contributed by atoms with E-state index in [9.17, 15) is 5.11 Å². The van der Waals surface area contributed by atoms with Gasteiger partial charge in [0, 0.05) is 43.8 Å². The van der Waals surface area contributed by atoms with E-state index in [1.807, 2.05) is 0 Å². The summed E-state index contributed by atoms with van der Waals surface area (Å²) < 4.78 is 0. The SMILES string of the molecule is CCN1CCN(C(C)CC(C)(CO)NC(C)C)CC1. The summed E-state index contributed by atoms with van der Waals surface area (Å²) in [6.07, 6.45) is 0.994. The largest absolute Gasteiger partial charge is 0.394 e. The van der Waals surface area contributed by atoms with Gasteiger partial charge < -0.3 is 15.3 Å². The van der Waals surface area contributed by atoms with Crippen LogP contribution in [0.4, 0.5) is 0 Å². The summed E-state index contributed by atoms with van der Waals surface area (Å²) in [5, 5.41) is 13.2. The molecular formula is C15H33N3O. The van der Waals surface area contributed by atoms with Crippen LogP contribution in [0, 0.1) is 0 Å². The number of nitrogens with zero attached hydrogens (tertiary/aromatic N) is 2. The van der Waals surface area contributed by atoms with Gasteiger partial charge in [0.05, 0.1) is 6.61 Å². The third-order valence-corrected chi connectivity index (χ3v) is 4.21. The van der Waals surface area contributed by atoms with E-state index in [1.54, 1.807) is 0 Å². The van der Waals surface area contributed by atoms with Gasteiger partial charge in [-0.15, -0.1) is 0 Å². The third-order valence-electron chi connectivity index (χ3n) is 4.21. The summed E-state index contributed by atoms with van der Waals surface area (Å²) in [5.74, 6) is 0. The van der Waals surface area contributed by atoms with Crippen LogP contribution in [0.3, 0.4) is 0 Å². The molecule has 1 saturated heterocycles. The fourth-order valence-corrected chi connectivity index (χ4v) is 3.17. The molecule has 0 aliphatic carbocycles. The van der Waals surface area contributed by atoms with Crippen LogP contribution in [0.25, 0.3) is 0 Å². The summed E-state index contributed by atoms with van der Waals surface area (Å²) in [6.45, 7) is 16.9. The highest BCUT2D eigenvalue weighted by Crippen LogP contribution is 2.18. The number of nitrogens with one attached hydrogen (secondary N) is 1. The number of rotatable bonds is 7. The molecule has 1 fully saturated rings. The van der Waals surface area contributed by atoms with Crippen molar-refractivity contribution in [3.8, 4) is 0 Å². The van der Waals surface area contributed by atoms with Crippen LogP contribution in [0.15, 0.2) is 0 Å². The summed E-state index contributed by atoms with van der Waals surface area (Å²) >= 11 is 0. The molecular weight excluding hydrogens is 238 g/mol. The first-order valence-corrected chi connectivity index (χ1v) is 7.75. The second kappa shape index (κ2) is 7.58. The molecule has 0 spiro atoms. The zero-order valence-electron chi connectivity index (χ0n) is 13.4. The second-order valence-electron chi connectivity index (χ2n) is 6.54. The van der Waals surface area contributed by atoms with E-state index in [1.165, 1.54) is 13.1 Å². The Morgan fingerprint density at radius 3 is 2.16 bits per heavy atom. The van der Waals surface area contributed by atoms with Crippen LogP contribution < -0.4 is 5.32 Å². The molecule has 1 aliphatic rings. The van der Waals surface area contributed by atoms with Gasteiger partial charge in [0.25, 0.3) is 0 Å². The monoisotopic (exact) mass is 271 g/mol. The van der Waals surface area contributed by atoms with Crippen molar-refractivity contribution < 1.29 is 5.11 Å². The lowest BCUT2D eigenvalue weighted by molar-refractivity contribution is 0.0710. The Morgan fingerprint density at radius 2 is 1.74 bits per heavy atom. The maximum absolute atomic E-state index is 9.67. The molecule has 2 N–H and O–H groups in total. The molecule has 114 valence electrons. The zero-order chi connectivity index (χ0) is 14.5. The Hall–Kier alpha value is -0.160. The molecule has 0 saturated carbocycles. The van der Waals surface area contributed by atoms with E-state index in [0.717, 1.165) is 26.1 Å². The molecule has 1 rings (SSSR count). The van der Waals surface area contributed by atoms with Crippen LogP contribution in [0.5, 0.6) is 0 Å². The predicted octanol–water partition coefficient (Wildman–Crippen LogP) is 1.15. The Balaban J connectivity index is 2.46. The molecule has 4 heteroatoms. The first-order valence-electron chi connectivity index (χ1n) is 7.75. The van der Waals surface area contributed by atoms with Crippen molar-refractivity contribution in [2.45, 2.75) is 58.7 Å². The number of hydrogen-bond acceptors (Lipinski definition) is 4. The van der Waals surface area contributed by atoms with Crippen molar-refractivity contribution in [1.29, 1.82) is 0 Å². The third kappa shape index (κ3) is 5.38. The Kier molecular flexibility index (Phi) is 6.74. The predicted molar refractivity (Wildman–Crippen MR) is 81.5 cm³/mol. The first-order chi connectivity index (χ1) is 8.90. The van der Waals surface area contributed by atoms with Gasteiger partial charge >= 0.3 is 0 Å². The van der Waals surface area contributed by atoms with E-state index in [0.29, 0.717) is 12.1 Å². The smallest absolute Gasteiger partial charge is 0.0611 e. The average molecular weight is 271 g/mol. The lowest BCUT2D eigenvalue weighted by Gasteiger charge is -2.41. The summed E-state index contributed by atoms with van der Waals surface area (Å²) in [6, 6.07) is 0.920. The average Bonchev–Trinajstić information content (AvgIpc) is 2.37. The number of aliphatic hydroxyl groups excluding tert-OH is 1. The molecule has 0 aromatic rings. The maximum atomic E-state index is 9.67. The van der Waals surface area contributed by atoms with E-state index < -0.39 is 0 Å². The van der Waals surface area contributed by atoms with Crippen molar-refractivity contribution >= 4 is 0 Å². The van der Waals surface area contributed by atoms with E-state index in [-0.39, 0.29) is 12.1 Å². The topological polar surface area (TPSA) is 38.7 Å². The summed E-state index contributed by atoms with van der Waals surface area (Å²) in [5.41, 5.74) is -0.171. The minimum atomic E-state index is -0.171. The fourth-order valence-electron chi connectivity index (χ4n) is 3.17. The van der Waals surface area contributed by atoms with Crippen LogP contribution in [0.1, 0.15) is 41.0 Å². The van der Waals surface area contributed by atoms with Crippen molar-refractivity contribution in [1.82, 2.24) is 15.1 Å². The lowest BCUT2D eigenvalue weighted by Crippen LogP contribution is -2.55. The number of likely N-dealkylation sites (N-methyl/N-ethyl adjacent to an activating group) is 1. The molecule has 0 bridgehead atoms. The van der Waals surface area contributed by atoms with Gasteiger partial charge in [-0.05, 0) is 26.8 Å². The van der Waals surface area contributed by atoms with Crippen LogP contribution in [0.2, 0.25) is 0 Å². The van der Waals surface area contributed by atoms with Gasteiger partial charge in [0.1, 0.15) is 0 Å². The Labute approximate surface area is 119 Å². The molecule has 4 nitrogen and oxygen atoms in total. The van der Waals surface area contributed by atoms with Crippen molar-refractivity contribution in [3.05, 3.63) is 0 Å². The molecule has 2 atom stereocenters. The van der Waals surface area contributed by atoms with E-state index in [4.69, 9.17) is 0 Å². The minimum Gasteiger partial charge on any atom is -0.394 e. The number of piperazine rings is 1.